The van der Waals surface area contributed by atoms with Crippen molar-refractivity contribution in [2.45, 2.75) is 32.3 Å². The Morgan fingerprint density at radius 3 is 3.00 bits per heavy atom. The molecule has 0 aliphatic heterocycles. The first kappa shape index (κ1) is 19.0. The first-order chi connectivity index (χ1) is 14.0. The molecule has 1 N–H and O–H groups in total. The van der Waals surface area contributed by atoms with Crippen LogP contribution in [-0.2, 0) is 29.0 Å². The Balaban J connectivity index is 1.45. The van der Waals surface area contributed by atoms with E-state index >= 15 is 0 Å². The topological polar surface area (TPSA) is 115 Å². The number of thiophene rings is 1. The Labute approximate surface area is 169 Å². The molecule has 29 heavy (non-hydrogen) atoms. The smallest absolute Gasteiger partial charge is 0.331 e. The van der Waals surface area contributed by atoms with E-state index in [1.165, 1.54) is 46.6 Å². The van der Waals surface area contributed by atoms with Crippen LogP contribution in [0.5, 0.6) is 0 Å². The molecule has 0 saturated heterocycles. The fourth-order valence-corrected chi connectivity index (χ4v) is 4.65. The van der Waals surface area contributed by atoms with Crippen LogP contribution in [0.1, 0.15) is 34.7 Å². The van der Waals surface area contributed by atoms with Gasteiger partial charge in [0.2, 0.25) is 0 Å². The van der Waals surface area contributed by atoms with Gasteiger partial charge < -0.3 is 9.72 Å². The van der Waals surface area contributed by atoms with Gasteiger partial charge in [-0.05, 0) is 42.9 Å². The van der Waals surface area contributed by atoms with Crippen LogP contribution in [0, 0.1) is 10.1 Å². The fraction of sp³-hybridized carbons (Fsp3) is 0.250. The maximum Gasteiger partial charge on any atom is 0.331 e. The van der Waals surface area contributed by atoms with E-state index in [9.17, 15) is 19.7 Å². The fourth-order valence-electron chi connectivity index (χ4n) is 3.37. The maximum absolute atomic E-state index is 12.5. The van der Waals surface area contributed by atoms with Crippen molar-refractivity contribution in [2.75, 3.05) is 0 Å². The number of nitro benzene ring substituents is 1. The Morgan fingerprint density at radius 2 is 2.17 bits per heavy atom. The SMILES string of the molecule is O=C(/C=C/c1cccc([N+](=O)[O-])c1)OCc1nc2sc3c(c2c(=O)[nH]1)CCCC3. The molecule has 0 fully saturated rings. The molecule has 148 valence electrons. The van der Waals surface area contributed by atoms with E-state index < -0.39 is 10.9 Å². The quantitative estimate of drug-likeness (QED) is 0.297. The second-order valence-electron chi connectivity index (χ2n) is 6.70. The molecule has 0 radical (unpaired) electrons. The molecular formula is C20H17N3O5S. The van der Waals surface area contributed by atoms with E-state index in [-0.39, 0.29) is 23.7 Å². The molecule has 1 aliphatic carbocycles. The largest absolute Gasteiger partial charge is 0.454 e. The number of non-ortho nitro benzene ring substituents is 1. The number of aryl methyl sites for hydroxylation is 2. The number of aromatic nitrogens is 2. The van der Waals surface area contributed by atoms with Gasteiger partial charge in [0.25, 0.3) is 11.2 Å². The molecule has 1 aliphatic rings. The van der Waals surface area contributed by atoms with Crippen molar-refractivity contribution in [1.29, 1.82) is 0 Å². The number of esters is 1. The van der Waals surface area contributed by atoms with Gasteiger partial charge in [0.1, 0.15) is 17.3 Å². The second-order valence-corrected chi connectivity index (χ2v) is 7.78. The highest BCUT2D eigenvalue weighted by atomic mass is 32.1. The molecule has 2 aromatic heterocycles. The minimum atomic E-state index is -0.635. The van der Waals surface area contributed by atoms with E-state index in [4.69, 9.17) is 4.74 Å². The zero-order valence-electron chi connectivity index (χ0n) is 15.3. The number of fused-ring (bicyclic) bond motifs is 3. The summed E-state index contributed by atoms with van der Waals surface area (Å²) in [5.41, 5.74) is 1.35. The third-order valence-electron chi connectivity index (χ3n) is 4.72. The number of hydrogen-bond acceptors (Lipinski definition) is 7. The highest BCUT2D eigenvalue weighted by Gasteiger charge is 2.19. The van der Waals surface area contributed by atoms with Crippen molar-refractivity contribution in [3.8, 4) is 0 Å². The van der Waals surface area contributed by atoms with Crippen molar-refractivity contribution in [3.63, 3.8) is 0 Å². The van der Waals surface area contributed by atoms with Gasteiger partial charge in [-0.15, -0.1) is 11.3 Å². The lowest BCUT2D eigenvalue weighted by molar-refractivity contribution is -0.384. The molecular weight excluding hydrogens is 394 g/mol. The number of H-pyrrole nitrogens is 1. The van der Waals surface area contributed by atoms with Gasteiger partial charge in [0.15, 0.2) is 0 Å². The minimum absolute atomic E-state index is 0.0609. The molecule has 9 heteroatoms. The summed E-state index contributed by atoms with van der Waals surface area (Å²) >= 11 is 1.53. The van der Waals surface area contributed by atoms with Gasteiger partial charge in [0.05, 0.1) is 10.3 Å². The number of nitro groups is 1. The standard InChI is InChI=1S/C20H17N3O5S/c24-17(9-8-12-4-3-5-13(10-12)23(26)27)28-11-16-21-19(25)18-14-6-1-2-7-15(14)29-20(18)22-16/h3-5,8-10H,1-2,6-7,11H2,(H,21,22,25)/b9-8+. The van der Waals surface area contributed by atoms with Gasteiger partial charge in [-0.1, -0.05) is 12.1 Å². The summed E-state index contributed by atoms with van der Waals surface area (Å²) in [5.74, 6) is -0.345. The number of nitrogens with zero attached hydrogens (tertiary/aromatic N) is 2. The second kappa shape index (κ2) is 7.96. The monoisotopic (exact) mass is 411 g/mol. The summed E-state index contributed by atoms with van der Waals surface area (Å²) < 4.78 is 5.15. The molecule has 0 unspecified atom stereocenters. The number of hydrogen-bond donors (Lipinski definition) is 1. The molecule has 0 amide bonds. The van der Waals surface area contributed by atoms with Crippen molar-refractivity contribution >= 4 is 39.3 Å². The number of ether oxygens (including phenoxy) is 1. The molecule has 0 saturated carbocycles. The first-order valence-corrected chi connectivity index (χ1v) is 9.95. The number of rotatable bonds is 5. The van der Waals surface area contributed by atoms with Crippen molar-refractivity contribution < 1.29 is 14.5 Å². The van der Waals surface area contributed by atoms with Crippen LogP contribution >= 0.6 is 11.3 Å². The van der Waals surface area contributed by atoms with Crippen LogP contribution in [0.2, 0.25) is 0 Å². The predicted molar refractivity (Wildman–Crippen MR) is 109 cm³/mol. The summed E-state index contributed by atoms with van der Waals surface area (Å²) in [7, 11) is 0. The molecule has 2 heterocycles. The van der Waals surface area contributed by atoms with Crippen LogP contribution < -0.4 is 5.56 Å². The Bertz CT molecular complexity index is 1190. The minimum Gasteiger partial charge on any atom is -0.454 e. The van der Waals surface area contributed by atoms with Gasteiger partial charge in [-0.2, -0.15) is 0 Å². The zero-order valence-corrected chi connectivity index (χ0v) is 16.2. The van der Waals surface area contributed by atoms with E-state index in [1.807, 2.05) is 0 Å². The molecule has 8 nitrogen and oxygen atoms in total. The third kappa shape index (κ3) is 4.09. The number of benzene rings is 1. The van der Waals surface area contributed by atoms with E-state index in [2.05, 4.69) is 9.97 Å². The van der Waals surface area contributed by atoms with Gasteiger partial charge in [0, 0.05) is 23.1 Å². The highest BCUT2D eigenvalue weighted by Crippen LogP contribution is 2.33. The number of carbonyl (C=O) groups excluding carboxylic acids is 1. The van der Waals surface area contributed by atoms with Crippen LogP contribution in [0.4, 0.5) is 5.69 Å². The number of aromatic amines is 1. The summed E-state index contributed by atoms with van der Waals surface area (Å²) in [6, 6.07) is 5.90. The number of nitrogens with one attached hydrogen (secondary N) is 1. The first-order valence-electron chi connectivity index (χ1n) is 9.14. The summed E-state index contributed by atoms with van der Waals surface area (Å²) in [6.45, 7) is -0.161. The van der Waals surface area contributed by atoms with Crippen LogP contribution in [0.15, 0.2) is 35.1 Å². The lowest BCUT2D eigenvalue weighted by atomic mass is 9.97. The van der Waals surface area contributed by atoms with Crippen LogP contribution in [-0.4, -0.2) is 20.9 Å². The van der Waals surface area contributed by atoms with Gasteiger partial charge in [-0.25, -0.2) is 9.78 Å². The summed E-state index contributed by atoms with van der Waals surface area (Å²) in [5, 5.41) is 11.4. The summed E-state index contributed by atoms with van der Waals surface area (Å²) in [6.07, 6.45) is 6.69. The molecule has 0 atom stereocenters. The highest BCUT2D eigenvalue weighted by molar-refractivity contribution is 7.18. The lowest BCUT2D eigenvalue weighted by Crippen LogP contribution is -2.14. The van der Waals surface area contributed by atoms with E-state index in [0.29, 0.717) is 15.8 Å². The van der Waals surface area contributed by atoms with Gasteiger partial charge in [-0.3, -0.25) is 14.9 Å². The lowest BCUT2D eigenvalue weighted by Gasteiger charge is -2.09. The molecule has 0 spiro atoms. The van der Waals surface area contributed by atoms with Crippen molar-refractivity contribution in [3.05, 3.63) is 72.6 Å². The van der Waals surface area contributed by atoms with Crippen molar-refractivity contribution in [2.24, 2.45) is 0 Å². The normalized spacial score (nSPS) is 13.5. The zero-order chi connectivity index (χ0) is 20.4. The Hall–Kier alpha value is -3.33. The van der Waals surface area contributed by atoms with Crippen molar-refractivity contribution in [1.82, 2.24) is 9.97 Å². The van der Waals surface area contributed by atoms with E-state index in [1.54, 1.807) is 6.07 Å². The van der Waals surface area contributed by atoms with E-state index in [0.717, 1.165) is 31.2 Å². The Morgan fingerprint density at radius 1 is 1.34 bits per heavy atom. The third-order valence-corrected chi connectivity index (χ3v) is 5.90. The molecule has 1 aromatic carbocycles. The van der Waals surface area contributed by atoms with Crippen LogP contribution in [0.25, 0.3) is 16.3 Å². The molecule has 3 aromatic rings. The molecule has 4 rings (SSSR count). The molecule has 0 bridgehead atoms. The summed E-state index contributed by atoms with van der Waals surface area (Å²) in [4.78, 5) is 43.8. The average Bonchev–Trinajstić information content (AvgIpc) is 3.09. The Kier molecular flexibility index (Phi) is 5.22. The van der Waals surface area contributed by atoms with Gasteiger partial charge >= 0.3 is 5.97 Å². The maximum atomic E-state index is 12.5. The number of carbonyl (C=O) groups is 1. The van der Waals surface area contributed by atoms with Crippen LogP contribution in [0.3, 0.4) is 0 Å². The predicted octanol–water partition coefficient (Wildman–Crippen LogP) is 3.53. The average molecular weight is 411 g/mol.